The summed E-state index contributed by atoms with van der Waals surface area (Å²) < 4.78 is 5.04. The summed E-state index contributed by atoms with van der Waals surface area (Å²) in [6, 6.07) is 8.81. The maximum absolute atomic E-state index is 11.7. The van der Waals surface area contributed by atoms with Gasteiger partial charge < -0.3 is 9.64 Å². The standard InChI is InChI=1S/C16H21NO3.ClH/c1-3-17(4-2)12-13-20-16(19)11-10-15(18)14-8-6-5-7-9-14;/h5-11H,3-4,12-13H2,1-2H3;1H/b11-10+;. The summed E-state index contributed by atoms with van der Waals surface area (Å²) in [5, 5.41) is 0. The first-order valence-corrected chi connectivity index (χ1v) is 6.84. The zero-order valence-electron chi connectivity index (χ0n) is 12.5. The first-order chi connectivity index (χ1) is 9.67. The molecule has 4 nitrogen and oxygen atoms in total. The van der Waals surface area contributed by atoms with E-state index in [0.717, 1.165) is 13.1 Å². The van der Waals surface area contributed by atoms with Gasteiger partial charge in [-0.05, 0) is 19.2 Å². The summed E-state index contributed by atoms with van der Waals surface area (Å²) in [6.07, 6.45) is 2.42. The third-order valence-electron chi connectivity index (χ3n) is 2.98. The first-order valence-electron chi connectivity index (χ1n) is 6.84. The molecule has 1 rings (SSSR count). The molecule has 0 aliphatic rings. The number of ether oxygens (including phenoxy) is 1. The molecule has 1 aromatic carbocycles. The Kier molecular flexibility index (Phi) is 10.2. The van der Waals surface area contributed by atoms with Crippen LogP contribution in [0, 0.1) is 0 Å². The fourth-order valence-electron chi connectivity index (χ4n) is 1.71. The fraction of sp³-hybridized carbons (Fsp3) is 0.375. The van der Waals surface area contributed by atoms with E-state index in [9.17, 15) is 9.59 Å². The van der Waals surface area contributed by atoms with Gasteiger partial charge in [0.15, 0.2) is 5.78 Å². The minimum Gasteiger partial charge on any atom is -0.461 e. The van der Waals surface area contributed by atoms with Gasteiger partial charge in [0, 0.05) is 18.2 Å². The maximum atomic E-state index is 11.7. The zero-order chi connectivity index (χ0) is 14.8. The highest BCUT2D eigenvalue weighted by Crippen LogP contribution is 2.00. The van der Waals surface area contributed by atoms with E-state index < -0.39 is 5.97 Å². The summed E-state index contributed by atoms with van der Waals surface area (Å²) in [7, 11) is 0. The SMILES string of the molecule is CCN(CC)CCOC(=O)/C=C/C(=O)c1ccccc1.Cl. The van der Waals surface area contributed by atoms with E-state index in [0.29, 0.717) is 18.7 Å². The Bertz CT molecular complexity index is 456. The topological polar surface area (TPSA) is 46.6 Å². The minimum absolute atomic E-state index is 0. The monoisotopic (exact) mass is 311 g/mol. The molecule has 116 valence electrons. The van der Waals surface area contributed by atoms with Gasteiger partial charge in [0.05, 0.1) is 0 Å². The third kappa shape index (κ3) is 7.63. The second-order valence-corrected chi connectivity index (χ2v) is 4.26. The Morgan fingerprint density at radius 3 is 2.29 bits per heavy atom. The molecule has 0 aliphatic heterocycles. The van der Waals surface area contributed by atoms with Gasteiger partial charge in [-0.1, -0.05) is 44.2 Å². The molecule has 0 saturated carbocycles. The first kappa shape index (κ1) is 19.4. The molecule has 0 bridgehead atoms. The van der Waals surface area contributed by atoms with E-state index in [1.165, 1.54) is 12.2 Å². The zero-order valence-corrected chi connectivity index (χ0v) is 13.3. The highest BCUT2D eigenvalue weighted by Gasteiger charge is 2.04. The second-order valence-electron chi connectivity index (χ2n) is 4.26. The fourth-order valence-corrected chi connectivity index (χ4v) is 1.71. The molecule has 0 aliphatic carbocycles. The molecular weight excluding hydrogens is 290 g/mol. The van der Waals surface area contributed by atoms with Crippen molar-refractivity contribution in [1.82, 2.24) is 4.90 Å². The molecule has 0 atom stereocenters. The Morgan fingerprint density at radius 1 is 1.10 bits per heavy atom. The predicted molar refractivity (Wildman–Crippen MR) is 85.9 cm³/mol. The van der Waals surface area contributed by atoms with Crippen molar-refractivity contribution < 1.29 is 14.3 Å². The highest BCUT2D eigenvalue weighted by molar-refractivity contribution is 6.06. The van der Waals surface area contributed by atoms with Gasteiger partial charge in [-0.3, -0.25) is 4.79 Å². The molecule has 0 amide bonds. The van der Waals surface area contributed by atoms with E-state index in [-0.39, 0.29) is 18.2 Å². The van der Waals surface area contributed by atoms with E-state index in [4.69, 9.17) is 4.74 Å². The number of carbonyl (C=O) groups is 2. The molecule has 1 aromatic rings. The van der Waals surface area contributed by atoms with Gasteiger partial charge in [-0.2, -0.15) is 0 Å². The van der Waals surface area contributed by atoms with Crippen molar-refractivity contribution in [2.45, 2.75) is 13.8 Å². The Hall–Kier alpha value is -1.65. The number of ketones is 1. The maximum Gasteiger partial charge on any atom is 0.330 e. The van der Waals surface area contributed by atoms with Crippen LogP contribution in [0.25, 0.3) is 0 Å². The Balaban J connectivity index is 0.00000400. The van der Waals surface area contributed by atoms with Crippen LogP contribution in [0.1, 0.15) is 24.2 Å². The van der Waals surface area contributed by atoms with Crippen LogP contribution in [-0.2, 0) is 9.53 Å². The Morgan fingerprint density at radius 2 is 1.71 bits per heavy atom. The number of carbonyl (C=O) groups excluding carboxylic acids is 2. The molecule has 0 unspecified atom stereocenters. The van der Waals surface area contributed by atoms with Crippen LogP contribution in [0.15, 0.2) is 42.5 Å². The lowest BCUT2D eigenvalue weighted by Gasteiger charge is -2.16. The molecule has 0 fully saturated rings. The average molecular weight is 312 g/mol. The number of hydrogen-bond donors (Lipinski definition) is 0. The van der Waals surface area contributed by atoms with Gasteiger partial charge in [-0.25, -0.2) is 4.79 Å². The molecule has 0 aromatic heterocycles. The molecule has 0 radical (unpaired) electrons. The van der Waals surface area contributed by atoms with Crippen LogP contribution in [0.5, 0.6) is 0 Å². The van der Waals surface area contributed by atoms with Gasteiger partial charge >= 0.3 is 5.97 Å². The summed E-state index contributed by atoms with van der Waals surface area (Å²) in [5.74, 6) is -0.687. The lowest BCUT2D eigenvalue weighted by molar-refractivity contribution is -0.138. The Labute approximate surface area is 132 Å². The number of hydrogen-bond acceptors (Lipinski definition) is 4. The number of benzene rings is 1. The second kappa shape index (κ2) is 11.1. The van der Waals surface area contributed by atoms with Gasteiger partial charge in [-0.15, -0.1) is 12.4 Å². The van der Waals surface area contributed by atoms with Gasteiger partial charge in [0.2, 0.25) is 0 Å². The smallest absolute Gasteiger partial charge is 0.330 e. The quantitative estimate of drug-likeness (QED) is 0.421. The number of likely N-dealkylation sites (N-methyl/N-ethyl adjacent to an activating group) is 1. The molecule has 0 saturated heterocycles. The lowest BCUT2D eigenvalue weighted by Crippen LogP contribution is -2.27. The summed E-state index contributed by atoms with van der Waals surface area (Å²) in [5.41, 5.74) is 0.555. The third-order valence-corrected chi connectivity index (χ3v) is 2.98. The van der Waals surface area contributed by atoms with Crippen molar-refractivity contribution in [3.8, 4) is 0 Å². The van der Waals surface area contributed by atoms with Crippen LogP contribution in [0.2, 0.25) is 0 Å². The van der Waals surface area contributed by atoms with E-state index >= 15 is 0 Å². The number of nitrogens with zero attached hydrogens (tertiary/aromatic N) is 1. The lowest BCUT2D eigenvalue weighted by atomic mass is 10.1. The molecule has 0 spiro atoms. The van der Waals surface area contributed by atoms with Crippen molar-refractivity contribution in [1.29, 1.82) is 0 Å². The van der Waals surface area contributed by atoms with E-state index in [1.807, 2.05) is 6.07 Å². The van der Waals surface area contributed by atoms with Gasteiger partial charge in [0.1, 0.15) is 6.61 Å². The predicted octanol–water partition coefficient (Wildman–Crippen LogP) is 2.73. The van der Waals surface area contributed by atoms with Crippen molar-refractivity contribution in [3.63, 3.8) is 0 Å². The van der Waals surface area contributed by atoms with Gasteiger partial charge in [0.25, 0.3) is 0 Å². The van der Waals surface area contributed by atoms with Crippen LogP contribution in [-0.4, -0.2) is 42.9 Å². The van der Waals surface area contributed by atoms with Crippen molar-refractivity contribution in [2.75, 3.05) is 26.2 Å². The number of halogens is 1. The molecule has 0 heterocycles. The number of allylic oxidation sites excluding steroid dienone is 1. The van der Waals surface area contributed by atoms with E-state index in [2.05, 4.69) is 18.7 Å². The molecular formula is C16H22ClNO3. The largest absolute Gasteiger partial charge is 0.461 e. The van der Waals surface area contributed by atoms with Crippen LogP contribution in [0.3, 0.4) is 0 Å². The normalized spacial score (nSPS) is 10.4. The molecule has 21 heavy (non-hydrogen) atoms. The number of esters is 1. The number of rotatable bonds is 8. The molecule has 0 N–H and O–H groups in total. The minimum atomic E-state index is -0.485. The highest BCUT2D eigenvalue weighted by atomic mass is 35.5. The summed E-state index contributed by atoms with van der Waals surface area (Å²) >= 11 is 0. The molecule has 5 heteroatoms. The van der Waals surface area contributed by atoms with Crippen molar-refractivity contribution in [2.24, 2.45) is 0 Å². The van der Waals surface area contributed by atoms with Crippen LogP contribution in [0.4, 0.5) is 0 Å². The van der Waals surface area contributed by atoms with Crippen LogP contribution < -0.4 is 0 Å². The van der Waals surface area contributed by atoms with Crippen molar-refractivity contribution >= 4 is 24.2 Å². The van der Waals surface area contributed by atoms with Crippen LogP contribution >= 0.6 is 12.4 Å². The van der Waals surface area contributed by atoms with Crippen molar-refractivity contribution in [3.05, 3.63) is 48.0 Å². The summed E-state index contributed by atoms with van der Waals surface area (Å²) in [6.45, 7) is 7.02. The van der Waals surface area contributed by atoms with E-state index in [1.54, 1.807) is 24.3 Å². The summed E-state index contributed by atoms with van der Waals surface area (Å²) in [4.78, 5) is 25.3. The average Bonchev–Trinajstić information content (AvgIpc) is 2.50.